The molecule has 0 aliphatic rings. The highest BCUT2D eigenvalue weighted by Gasteiger charge is 2.02. The van der Waals surface area contributed by atoms with Gasteiger partial charge in [0.2, 0.25) is 0 Å². The van der Waals surface area contributed by atoms with Crippen LogP contribution in [0.2, 0.25) is 0 Å². The van der Waals surface area contributed by atoms with Gasteiger partial charge in [-0.2, -0.15) is 11.8 Å². The van der Waals surface area contributed by atoms with Crippen molar-refractivity contribution in [3.63, 3.8) is 0 Å². The van der Waals surface area contributed by atoms with Crippen molar-refractivity contribution < 1.29 is 9.50 Å². The van der Waals surface area contributed by atoms with Crippen LogP contribution >= 0.6 is 11.8 Å². The van der Waals surface area contributed by atoms with Crippen LogP contribution in [0.1, 0.15) is 12.5 Å². The molecule has 0 aliphatic heterocycles. The van der Waals surface area contributed by atoms with E-state index in [0.717, 1.165) is 12.1 Å². The summed E-state index contributed by atoms with van der Waals surface area (Å²) in [6.45, 7) is 3.65. The van der Waals surface area contributed by atoms with Crippen molar-refractivity contribution in [2.75, 3.05) is 12.8 Å². The molecule has 0 spiro atoms. The van der Waals surface area contributed by atoms with Gasteiger partial charge in [0.05, 0.1) is 0 Å². The van der Waals surface area contributed by atoms with E-state index in [1.807, 2.05) is 0 Å². The van der Waals surface area contributed by atoms with Gasteiger partial charge in [0.1, 0.15) is 0 Å². The van der Waals surface area contributed by atoms with Crippen molar-refractivity contribution in [3.8, 4) is 5.75 Å². The van der Waals surface area contributed by atoms with Crippen LogP contribution in [0, 0.1) is 5.82 Å². The minimum Gasteiger partial charge on any atom is -0.505 e. The fourth-order valence-electron chi connectivity index (χ4n) is 1.16. The molecule has 0 radical (unpaired) electrons. The summed E-state index contributed by atoms with van der Waals surface area (Å²) >= 11 is 1.79. The largest absolute Gasteiger partial charge is 0.505 e. The molecule has 0 aliphatic carbocycles. The van der Waals surface area contributed by atoms with Gasteiger partial charge in [-0.25, -0.2) is 4.39 Å². The maximum absolute atomic E-state index is 12.9. The minimum atomic E-state index is -0.563. The lowest BCUT2D eigenvalue weighted by Gasteiger charge is -2.09. The fourth-order valence-corrected chi connectivity index (χ4v) is 1.45. The summed E-state index contributed by atoms with van der Waals surface area (Å²) in [5, 5.41) is 12.8. The fraction of sp³-hybridized carbons (Fsp3) is 0.455. The highest BCUT2D eigenvalue weighted by molar-refractivity contribution is 7.99. The Balaban J connectivity index is 2.41. The summed E-state index contributed by atoms with van der Waals surface area (Å²) in [5.41, 5.74) is 0.846. The summed E-state index contributed by atoms with van der Waals surface area (Å²) in [4.78, 5) is 0. The minimum absolute atomic E-state index is 0.295. The number of hydrogen-bond acceptors (Lipinski definition) is 3. The second-order valence-corrected chi connectivity index (χ2v) is 4.74. The van der Waals surface area contributed by atoms with E-state index in [1.54, 1.807) is 17.8 Å². The van der Waals surface area contributed by atoms with Crippen LogP contribution in [0.15, 0.2) is 18.2 Å². The molecule has 0 saturated heterocycles. The molecule has 0 fully saturated rings. The average Bonchev–Trinajstić information content (AvgIpc) is 2.23. The molecular weight excluding hydrogens is 213 g/mol. The van der Waals surface area contributed by atoms with E-state index in [2.05, 4.69) is 18.5 Å². The number of phenolic OH excluding ortho intramolecular Hbond substituents is 1. The standard InChI is InChI=1S/C11H16FNOS/c1-8(15-2)6-13-7-9-3-4-11(14)10(12)5-9/h3-5,8,13-14H,6-7H2,1-2H3. The maximum atomic E-state index is 12.9. The third kappa shape index (κ3) is 4.10. The molecule has 0 bridgehead atoms. The molecule has 1 atom stereocenters. The predicted molar refractivity (Wildman–Crippen MR) is 62.7 cm³/mol. The zero-order valence-electron chi connectivity index (χ0n) is 8.96. The molecule has 84 valence electrons. The van der Waals surface area contributed by atoms with Gasteiger partial charge in [0.25, 0.3) is 0 Å². The Morgan fingerprint density at radius 2 is 2.27 bits per heavy atom. The van der Waals surface area contributed by atoms with Crippen LogP contribution < -0.4 is 5.32 Å². The number of hydrogen-bond donors (Lipinski definition) is 2. The normalized spacial score (nSPS) is 12.7. The van der Waals surface area contributed by atoms with Gasteiger partial charge >= 0.3 is 0 Å². The van der Waals surface area contributed by atoms with Crippen molar-refractivity contribution in [2.45, 2.75) is 18.7 Å². The number of phenols is 1. The smallest absolute Gasteiger partial charge is 0.165 e. The van der Waals surface area contributed by atoms with Gasteiger partial charge in [-0.15, -0.1) is 0 Å². The summed E-state index contributed by atoms with van der Waals surface area (Å²) in [7, 11) is 0. The average molecular weight is 229 g/mol. The summed E-state index contributed by atoms with van der Waals surface area (Å²) < 4.78 is 12.9. The van der Waals surface area contributed by atoms with Crippen molar-refractivity contribution >= 4 is 11.8 Å². The van der Waals surface area contributed by atoms with Crippen LogP contribution in [0.3, 0.4) is 0 Å². The van der Waals surface area contributed by atoms with Crippen molar-refractivity contribution in [2.24, 2.45) is 0 Å². The number of aromatic hydroxyl groups is 1. The van der Waals surface area contributed by atoms with E-state index in [1.165, 1.54) is 12.1 Å². The highest BCUT2D eigenvalue weighted by Crippen LogP contribution is 2.15. The summed E-state index contributed by atoms with van der Waals surface area (Å²) in [5.74, 6) is -0.858. The number of benzene rings is 1. The van der Waals surface area contributed by atoms with Crippen molar-refractivity contribution in [1.29, 1.82) is 0 Å². The van der Waals surface area contributed by atoms with Crippen LogP contribution in [0.5, 0.6) is 5.75 Å². The molecule has 2 N–H and O–H groups in total. The molecule has 4 heteroatoms. The first-order chi connectivity index (χ1) is 7.13. The second-order valence-electron chi connectivity index (χ2n) is 3.46. The van der Waals surface area contributed by atoms with Gasteiger partial charge < -0.3 is 10.4 Å². The Hall–Kier alpha value is -0.740. The Kier molecular flexibility index (Phi) is 4.91. The lowest BCUT2D eigenvalue weighted by molar-refractivity contribution is 0.431. The monoisotopic (exact) mass is 229 g/mol. The van der Waals surface area contributed by atoms with Gasteiger partial charge in [-0.05, 0) is 24.0 Å². The number of thioether (sulfide) groups is 1. The van der Waals surface area contributed by atoms with E-state index in [9.17, 15) is 4.39 Å². The first-order valence-corrected chi connectivity index (χ1v) is 6.13. The van der Waals surface area contributed by atoms with Gasteiger partial charge in [-0.3, -0.25) is 0 Å². The van der Waals surface area contributed by atoms with Crippen LogP contribution in [0.4, 0.5) is 4.39 Å². The van der Waals surface area contributed by atoms with E-state index in [-0.39, 0.29) is 5.75 Å². The van der Waals surface area contributed by atoms with Crippen molar-refractivity contribution in [3.05, 3.63) is 29.6 Å². The summed E-state index contributed by atoms with van der Waals surface area (Å²) in [6, 6.07) is 4.45. The molecule has 15 heavy (non-hydrogen) atoms. The van der Waals surface area contributed by atoms with Crippen molar-refractivity contribution in [1.82, 2.24) is 5.32 Å². The Bertz CT molecular complexity index is 319. The Labute approximate surface area is 93.9 Å². The van der Waals surface area contributed by atoms with E-state index in [0.29, 0.717) is 11.8 Å². The van der Waals surface area contributed by atoms with Crippen LogP contribution in [-0.4, -0.2) is 23.2 Å². The zero-order chi connectivity index (χ0) is 11.3. The Morgan fingerprint density at radius 1 is 1.53 bits per heavy atom. The Morgan fingerprint density at radius 3 is 2.87 bits per heavy atom. The number of rotatable bonds is 5. The van der Waals surface area contributed by atoms with Gasteiger partial charge in [0, 0.05) is 18.3 Å². The molecule has 0 amide bonds. The molecule has 0 aromatic heterocycles. The highest BCUT2D eigenvalue weighted by atomic mass is 32.2. The molecule has 0 heterocycles. The van der Waals surface area contributed by atoms with Gasteiger partial charge in [0.15, 0.2) is 11.6 Å². The first-order valence-electron chi connectivity index (χ1n) is 4.84. The van der Waals surface area contributed by atoms with E-state index >= 15 is 0 Å². The SMILES string of the molecule is CSC(C)CNCc1ccc(O)c(F)c1. The first kappa shape index (κ1) is 12.3. The third-order valence-corrected chi connectivity index (χ3v) is 3.15. The topological polar surface area (TPSA) is 32.3 Å². The van der Waals surface area contributed by atoms with Gasteiger partial charge in [-0.1, -0.05) is 13.0 Å². The lowest BCUT2D eigenvalue weighted by Crippen LogP contribution is -2.22. The molecule has 1 aromatic carbocycles. The number of nitrogens with one attached hydrogen (secondary N) is 1. The number of halogens is 1. The maximum Gasteiger partial charge on any atom is 0.165 e. The molecule has 0 saturated carbocycles. The van der Waals surface area contributed by atoms with E-state index in [4.69, 9.17) is 5.11 Å². The molecular formula is C11H16FNOS. The predicted octanol–water partition coefficient (Wildman–Crippen LogP) is 2.37. The molecule has 1 aromatic rings. The van der Waals surface area contributed by atoms with E-state index < -0.39 is 5.82 Å². The van der Waals surface area contributed by atoms with Crippen LogP contribution in [0.25, 0.3) is 0 Å². The molecule has 2 nitrogen and oxygen atoms in total. The quantitative estimate of drug-likeness (QED) is 0.813. The summed E-state index contributed by atoms with van der Waals surface area (Å²) in [6.07, 6.45) is 2.06. The molecule has 1 rings (SSSR count). The van der Waals surface area contributed by atoms with Crippen LogP contribution in [-0.2, 0) is 6.54 Å². The second kappa shape index (κ2) is 5.98. The third-order valence-electron chi connectivity index (χ3n) is 2.18. The molecule has 1 unspecified atom stereocenters. The zero-order valence-corrected chi connectivity index (χ0v) is 9.77. The lowest BCUT2D eigenvalue weighted by atomic mass is 10.2.